The van der Waals surface area contributed by atoms with Crippen molar-refractivity contribution in [1.82, 2.24) is 0 Å². The Bertz CT molecular complexity index is 271. The summed E-state index contributed by atoms with van der Waals surface area (Å²) in [6, 6.07) is 8.06. The van der Waals surface area contributed by atoms with Crippen molar-refractivity contribution in [2.75, 3.05) is 0 Å². The van der Waals surface area contributed by atoms with Gasteiger partial charge in [-0.05, 0) is 24.6 Å². The molecule has 0 aliphatic carbocycles. The quantitative estimate of drug-likeness (QED) is 0.601. The molecule has 0 aliphatic heterocycles. The molecule has 0 amide bonds. The Morgan fingerprint density at radius 2 is 1.91 bits per heavy atom. The predicted molar refractivity (Wildman–Crippen MR) is 40.4 cm³/mol. The molecule has 0 aromatic heterocycles. The molecule has 0 N–H and O–H groups in total. The van der Waals surface area contributed by atoms with Crippen LogP contribution in [0.4, 0.5) is 4.39 Å². The average Bonchev–Trinajstić information content (AvgIpc) is 2.05. The molecule has 0 spiro atoms. The van der Waals surface area contributed by atoms with Gasteiger partial charge in [-0.25, -0.2) is 4.39 Å². The first kappa shape index (κ1) is 7.74. The van der Waals surface area contributed by atoms with Gasteiger partial charge in [0.05, 0.1) is 12.0 Å². The van der Waals surface area contributed by atoms with Gasteiger partial charge in [-0.3, -0.25) is 0 Å². The zero-order valence-corrected chi connectivity index (χ0v) is 6.21. The van der Waals surface area contributed by atoms with Crippen LogP contribution in [0.25, 0.3) is 0 Å². The maximum absolute atomic E-state index is 12.4. The van der Waals surface area contributed by atoms with Gasteiger partial charge in [-0.1, -0.05) is 12.1 Å². The van der Waals surface area contributed by atoms with E-state index in [1.54, 1.807) is 19.1 Å². The van der Waals surface area contributed by atoms with E-state index in [1.165, 1.54) is 12.1 Å². The molecule has 0 heterocycles. The van der Waals surface area contributed by atoms with Gasteiger partial charge in [0.2, 0.25) is 0 Å². The molecule has 0 saturated heterocycles. The lowest BCUT2D eigenvalue weighted by atomic mass is 10.0. The highest BCUT2D eigenvalue weighted by molar-refractivity contribution is 5.23. The van der Waals surface area contributed by atoms with Gasteiger partial charge in [-0.2, -0.15) is 5.26 Å². The van der Waals surface area contributed by atoms with Crippen LogP contribution in [0.5, 0.6) is 0 Å². The zero-order valence-electron chi connectivity index (χ0n) is 6.21. The summed E-state index contributed by atoms with van der Waals surface area (Å²) in [6.07, 6.45) is 0. The Morgan fingerprint density at radius 1 is 1.36 bits per heavy atom. The molecule has 0 bridgehead atoms. The molecule has 0 aliphatic rings. The van der Waals surface area contributed by atoms with Crippen molar-refractivity contribution >= 4 is 0 Å². The molecule has 0 unspecified atom stereocenters. The number of halogens is 1. The molecule has 1 nitrogen and oxygen atoms in total. The van der Waals surface area contributed by atoms with Crippen LogP contribution in [-0.2, 0) is 0 Å². The van der Waals surface area contributed by atoms with Crippen molar-refractivity contribution < 1.29 is 4.39 Å². The summed E-state index contributed by atoms with van der Waals surface area (Å²) in [7, 11) is 0. The number of benzene rings is 1. The fraction of sp³-hybridized carbons (Fsp3) is 0.222. The first-order chi connectivity index (χ1) is 5.24. The number of hydrogen-bond acceptors (Lipinski definition) is 1. The lowest BCUT2D eigenvalue weighted by Gasteiger charge is -2.00. The molecule has 0 radical (unpaired) electrons. The average molecular weight is 149 g/mol. The molecule has 2 heteroatoms. The van der Waals surface area contributed by atoms with E-state index in [0.29, 0.717) is 0 Å². The van der Waals surface area contributed by atoms with E-state index in [9.17, 15) is 4.39 Å². The van der Waals surface area contributed by atoms with Crippen LogP contribution >= 0.6 is 0 Å². The first-order valence-corrected chi connectivity index (χ1v) is 3.39. The molecule has 1 atom stereocenters. The van der Waals surface area contributed by atoms with Gasteiger partial charge in [0.15, 0.2) is 0 Å². The fourth-order valence-electron chi connectivity index (χ4n) is 0.826. The van der Waals surface area contributed by atoms with Crippen molar-refractivity contribution in [2.24, 2.45) is 0 Å². The molecule has 1 rings (SSSR count). The largest absolute Gasteiger partial charge is 0.207 e. The number of hydrogen-bond donors (Lipinski definition) is 0. The van der Waals surface area contributed by atoms with Crippen LogP contribution in [0, 0.1) is 17.1 Å². The lowest BCUT2D eigenvalue weighted by molar-refractivity contribution is 0.627. The molecule has 1 aromatic rings. The van der Waals surface area contributed by atoms with Crippen molar-refractivity contribution in [3.63, 3.8) is 0 Å². The van der Waals surface area contributed by atoms with Crippen LogP contribution in [0.1, 0.15) is 18.4 Å². The highest BCUT2D eigenvalue weighted by atomic mass is 19.1. The molecule has 11 heavy (non-hydrogen) atoms. The van der Waals surface area contributed by atoms with Crippen LogP contribution in [0.15, 0.2) is 24.3 Å². The SMILES string of the molecule is C[C@@H](C#N)c1ccc(F)cc1. The molecular weight excluding hydrogens is 141 g/mol. The van der Waals surface area contributed by atoms with Gasteiger partial charge in [0, 0.05) is 0 Å². The van der Waals surface area contributed by atoms with E-state index in [1.807, 2.05) is 0 Å². The highest BCUT2D eigenvalue weighted by Crippen LogP contribution is 2.13. The van der Waals surface area contributed by atoms with Crippen LogP contribution < -0.4 is 0 Å². The maximum atomic E-state index is 12.4. The van der Waals surface area contributed by atoms with Crippen molar-refractivity contribution in [2.45, 2.75) is 12.8 Å². The van der Waals surface area contributed by atoms with Crippen LogP contribution in [-0.4, -0.2) is 0 Å². The van der Waals surface area contributed by atoms with Gasteiger partial charge in [0.25, 0.3) is 0 Å². The minimum Gasteiger partial charge on any atom is -0.207 e. The normalized spacial score (nSPS) is 12.1. The molecule has 0 fully saturated rings. The number of nitriles is 1. The third kappa shape index (κ3) is 1.78. The third-order valence-corrected chi connectivity index (χ3v) is 1.56. The van der Waals surface area contributed by atoms with Gasteiger partial charge < -0.3 is 0 Å². The second-order valence-corrected chi connectivity index (χ2v) is 2.40. The van der Waals surface area contributed by atoms with E-state index in [2.05, 4.69) is 6.07 Å². The van der Waals surface area contributed by atoms with Crippen molar-refractivity contribution in [1.29, 1.82) is 5.26 Å². The summed E-state index contributed by atoms with van der Waals surface area (Å²) in [5, 5.41) is 8.51. The third-order valence-electron chi connectivity index (χ3n) is 1.56. The molecule has 56 valence electrons. The van der Waals surface area contributed by atoms with Gasteiger partial charge in [0.1, 0.15) is 5.82 Å². The summed E-state index contributed by atoms with van der Waals surface area (Å²) in [5.74, 6) is -0.422. The van der Waals surface area contributed by atoms with E-state index in [4.69, 9.17) is 5.26 Å². The van der Waals surface area contributed by atoms with E-state index >= 15 is 0 Å². The van der Waals surface area contributed by atoms with Crippen LogP contribution in [0.3, 0.4) is 0 Å². The second kappa shape index (κ2) is 3.16. The fourth-order valence-corrected chi connectivity index (χ4v) is 0.826. The smallest absolute Gasteiger partial charge is 0.123 e. The number of nitrogens with zero attached hydrogens (tertiary/aromatic N) is 1. The second-order valence-electron chi connectivity index (χ2n) is 2.40. The Labute approximate surface area is 65.1 Å². The van der Waals surface area contributed by atoms with Gasteiger partial charge >= 0.3 is 0 Å². The van der Waals surface area contributed by atoms with Crippen molar-refractivity contribution in [3.05, 3.63) is 35.6 Å². The maximum Gasteiger partial charge on any atom is 0.123 e. The Balaban J connectivity index is 2.92. The van der Waals surface area contributed by atoms with E-state index in [-0.39, 0.29) is 11.7 Å². The summed E-state index contributed by atoms with van der Waals surface area (Å²) >= 11 is 0. The Hall–Kier alpha value is -1.36. The molecule has 0 saturated carbocycles. The molecular formula is C9H8FN. The summed E-state index contributed by atoms with van der Waals surface area (Å²) in [6.45, 7) is 1.78. The van der Waals surface area contributed by atoms with Gasteiger partial charge in [-0.15, -0.1) is 0 Å². The molecule has 1 aromatic carbocycles. The first-order valence-electron chi connectivity index (χ1n) is 3.39. The topological polar surface area (TPSA) is 23.8 Å². The van der Waals surface area contributed by atoms with Crippen molar-refractivity contribution in [3.8, 4) is 6.07 Å². The Kier molecular flexibility index (Phi) is 2.22. The Morgan fingerprint density at radius 3 is 2.36 bits per heavy atom. The summed E-state index contributed by atoms with van der Waals surface area (Å²) < 4.78 is 12.4. The standard InChI is InChI=1S/C9H8FN/c1-7(6-11)8-2-4-9(10)5-3-8/h2-5,7H,1H3/t7-/m0/s1. The predicted octanol–water partition coefficient (Wildman–Crippen LogP) is 2.45. The summed E-state index contributed by atoms with van der Waals surface area (Å²) in [5.41, 5.74) is 0.855. The van der Waals surface area contributed by atoms with Crippen LogP contribution in [0.2, 0.25) is 0 Å². The minimum absolute atomic E-state index is 0.157. The number of rotatable bonds is 1. The highest BCUT2D eigenvalue weighted by Gasteiger charge is 2.01. The monoisotopic (exact) mass is 149 g/mol. The minimum atomic E-state index is -0.265. The van der Waals surface area contributed by atoms with E-state index in [0.717, 1.165) is 5.56 Å². The summed E-state index contributed by atoms with van der Waals surface area (Å²) in [4.78, 5) is 0. The lowest BCUT2D eigenvalue weighted by Crippen LogP contribution is -1.88. The van der Waals surface area contributed by atoms with E-state index < -0.39 is 0 Å². The zero-order chi connectivity index (χ0) is 8.27.